The van der Waals surface area contributed by atoms with Crippen LogP contribution in [0.4, 0.5) is 0 Å². The van der Waals surface area contributed by atoms with Gasteiger partial charge in [-0.1, -0.05) is 49.4 Å². The number of hydrogen-bond acceptors (Lipinski definition) is 4. The van der Waals surface area contributed by atoms with Gasteiger partial charge in [-0.2, -0.15) is 10.5 Å². The van der Waals surface area contributed by atoms with Gasteiger partial charge in [0.05, 0.1) is 17.0 Å². The van der Waals surface area contributed by atoms with Crippen molar-refractivity contribution in [2.75, 3.05) is 0 Å². The normalized spacial score (nSPS) is 21.5. The van der Waals surface area contributed by atoms with Crippen LogP contribution in [-0.2, 0) is 16.3 Å². The number of rotatable bonds is 4. The number of sulfone groups is 1. The first kappa shape index (κ1) is 16.2. The highest BCUT2D eigenvalue weighted by atomic mass is 32.2. The van der Waals surface area contributed by atoms with Crippen LogP contribution < -0.4 is 0 Å². The molecule has 5 heteroatoms. The zero-order chi connectivity index (χ0) is 17.4. The molecule has 2 atom stereocenters. The van der Waals surface area contributed by atoms with Crippen LogP contribution in [0.5, 0.6) is 0 Å². The summed E-state index contributed by atoms with van der Waals surface area (Å²) < 4.78 is 25.9. The average molecular weight is 336 g/mol. The minimum Gasteiger partial charge on any atom is -0.223 e. The van der Waals surface area contributed by atoms with Crippen molar-refractivity contribution in [1.82, 2.24) is 0 Å². The first-order valence-corrected chi connectivity index (χ1v) is 9.26. The average Bonchev–Trinajstić information content (AvgIpc) is 3.33. The molecule has 0 saturated heterocycles. The van der Waals surface area contributed by atoms with Crippen LogP contribution in [-0.4, -0.2) is 13.7 Å². The molecule has 0 heterocycles. The molecule has 1 aliphatic rings. The van der Waals surface area contributed by atoms with Crippen LogP contribution in [0.2, 0.25) is 0 Å². The Morgan fingerprint density at radius 3 is 2.08 bits per heavy atom. The molecule has 3 rings (SSSR count). The van der Waals surface area contributed by atoms with E-state index in [4.69, 9.17) is 0 Å². The summed E-state index contributed by atoms with van der Waals surface area (Å²) in [7, 11) is -3.76. The first-order chi connectivity index (χ1) is 11.5. The second-order valence-corrected chi connectivity index (χ2v) is 8.01. The van der Waals surface area contributed by atoms with Crippen LogP contribution >= 0.6 is 0 Å². The first-order valence-electron chi connectivity index (χ1n) is 7.71. The van der Waals surface area contributed by atoms with E-state index in [2.05, 4.69) is 0 Å². The van der Waals surface area contributed by atoms with Crippen molar-refractivity contribution < 1.29 is 8.42 Å². The third kappa shape index (κ3) is 2.29. The van der Waals surface area contributed by atoms with Crippen molar-refractivity contribution in [3.05, 3.63) is 65.7 Å². The minimum atomic E-state index is -3.76. The molecule has 0 aliphatic heterocycles. The fourth-order valence-corrected chi connectivity index (χ4v) is 5.45. The zero-order valence-corrected chi connectivity index (χ0v) is 14.0. The minimum absolute atomic E-state index is 0.151. The fourth-order valence-electron chi connectivity index (χ4n) is 3.23. The van der Waals surface area contributed by atoms with Crippen molar-refractivity contribution in [2.24, 2.45) is 5.41 Å². The topological polar surface area (TPSA) is 81.7 Å². The molecule has 0 unspecified atom stereocenters. The van der Waals surface area contributed by atoms with Crippen LogP contribution in [0.15, 0.2) is 59.5 Å². The Morgan fingerprint density at radius 2 is 1.58 bits per heavy atom. The van der Waals surface area contributed by atoms with Crippen LogP contribution in [0.3, 0.4) is 0 Å². The summed E-state index contributed by atoms with van der Waals surface area (Å²) in [6, 6.07) is 19.4. The molecular weight excluding hydrogens is 320 g/mol. The molecule has 1 saturated carbocycles. The SMILES string of the molecule is CCc1ccc([C@H]2[C@@H](S(=O)(=O)c3ccccc3)C2(C#N)C#N)cc1. The number of benzene rings is 2. The zero-order valence-electron chi connectivity index (χ0n) is 13.2. The molecule has 0 spiro atoms. The lowest BCUT2D eigenvalue weighted by Gasteiger charge is -2.04. The third-order valence-corrected chi connectivity index (χ3v) is 6.90. The van der Waals surface area contributed by atoms with Crippen molar-refractivity contribution in [2.45, 2.75) is 29.4 Å². The van der Waals surface area contributed by atoms with E-state index in [1.165, 1.54) is 12.1 Å². The summed E-state index contributed by atoms with van der Waals surface area (Å²) in [5, 5.41) is 18.0. The van der Waals surface area contributed by atoms with Gasteiger partial charge >= 0.3 is 0 Å². The van der Waals surface area contributed by atoms with Crippen molar-refractivity contribution in [3.63, 3.8) is 0 Å². The molecule has 2 aromatic rings. The van der Waals surface area contributed by atoms with E-state index >= 15 is 0 Å². The lowest BCUT2D eigenvalue weighted by atomic mass is 10.0. The van der Waals surface area contributed by atoms with Gasteiger partial charge < -0.3 is 0 Å². The molecule has 4 nitrogen and oxygen atoms in total. The van der Waals surface area contributed by atoms with Crippen molar-refractivity contribution >= 4 is 9.84 Å². The standard InChI is InChI=1S/C19H16N2O2S/c1-2-14-8-10-15(11-9-14)17-18(19(17,12-20)13-21)24(22,23)16-6-4-3-5-7-16/h3-11,17-18H,2H2,1H3/t17-,18+/m0/s1. The molecule has 0 amide bonds. The van der Waals surface area contributed by atoms with Crippen LogP contribution in [0.25, 0.3) is 0 Å². The van der Waals surface area contributed by atoms with E-state index < -0.39 is 26.4 Å². The number of hydrogen-bond donors (Lipinski definition) is 0. The lowest BCUT2D eigenvalue weighted by Crippen LogP contribution is -2.14. The Bertz CT molecular complexity index is 922. The summed E-state index contributed by atoms with van der Waals surface area (Å²) in [6.45, 7) is 2.03. The van der Waals surface area contributed by atoms with Gasteiger partial charge in [-0.25, -0.2) is 8.42 Å². The van der Waals surface area contributed by atoms with Gasteiger partial charge in [-0.05, 0) is 29.7 Å². The molecule has 0 N–H and O–H groups in total. The van der Waals surface area contributed by atoms with E-state index in [0.717, 1.165) is 17.5 Å². The molecule has 0 bridgehead atoms. The Hall–Kier alpha value is -2.63. The Morgan fingerprint density at radius 1 is 1.00 bits per heavy atom. The Balaban J connectivity index is 2.07. The maximum atomic E-state index is 12.9. The number of nitrogens with zero attached hydrogens (tertiary/aromatic N) is 2. The Labute approximate surface area is 141 Å². The molecule has 1 aliphatic carbocycles. The molecule has 1 fully saturated rings. The van der Waals surface area contributed by atoms with Gasteiger partial charge in [0.2, 0.25) is 0 Å². The molecular formula is C19H16N2O2S. The summed E-state index contributed by atoms with van der Waals surface area (Å²) >= 11 is 0. The van der Waals surface area contributed by atoms with E-state index in [-0.39, 0.29) is 4.90 Å². The van der Waals surface area contributed by atoms with Crippen LogP contribution in [0, 0.1) is 28.1 Å². The van der Waals surface area contributed by atoms with E-state index in [0.29, 0.717) is 0 Å². The lowest BCUT2D eigenvalue weighted by molar-refractivity contribution is 0.591. The maximum absolute atomic E-state index is 12.9. The highest BCUT2D eigenvalue weighted by Crippen LogP contribution is 2.63. The predicted molar refractivity (Wildman–Crippen MR) is 89.6 cm³/mol. The van der Waals surface area contributed by atoms with Gasteiger partial charge in [-0.3, -0.25) is 0 Å². The molecule has 24 heavy (non-hydrogen) atoms. The van der Waals surface area contributed by atoms with E-state index in [1.54, 1.807) is 18.2 Å². The second kappa shape index (κ2) is 5.78. The third-order valence-electron chi connectivity index (χ3n) is 4.66. The molecule has 2 aromatic carbocycles. The van der Waals surface area contributed by atoms with Gasteiger partial charge in [0.15, 0.2) is 15.3 Å². The largest absolute Gasteiger partial charge is 0.223 e. The fraction of sp³-hybridized carbons (Fsp3) is 0.263. The summed E-state index contributed by atoms with van der Waals surface area (Å²) in [4.78, 5) is 0.151. The second-order valence-electron chi connectivity index (χ2n) is 5.94. The molecule has 0 radical (unpaired) electrons. The van der Waals surface area contributed by atoms with Crippen LogP contribution in [0.1, 0.15) is 24.0 Å². The maximum Gasteiger partial charge on any atom is 0.184 e. The monoisotopic (exact) mass is 336 g/mol. The van der Waals surface area contributed by atoms with Gasteiger partial charge in [0, 0.05) is 5.92 Å². The van der Waals surface area contributed by atoms with E-state index in [1.807, 2.05) is 43.3 Å². The Kier molecular flexibility index (Phi) is 3.91. The van der Waals surface area contributed by atoms with Crippen molar-refractivity contribution in [1.29, 1.82) is 10.5 Å². The smallest absolute Gasteiger partial charge is 0.184 e. The quantitative estimate of drug-likeness (QED) is 0.858. The summed E-state index contributed by atoms with van der Waals surface area (Å²) in [5.74, 6) is -0.622. The highest BCUT2D eigenvalue weighted by Gasteiger charge is 2.73. The number of nitriles is 2. The molecule has 120 valence electrons. The summed E-state index contributed by atoms with van der Waals surface area (Å²) in [6.07, 6.45) is 0.873. The van der Waals surface area contributed by atoms with Gasteiger partial charge in [0.1, 0.15) is 5.25 Å². The highest BCUT2D eigenvalue weighted by molar-refractivity contribution is 7.92. The molecule has 0 aromatic heterocycles. The number of aryl methyl sites for hydroxylation is 1. The predicted octanol–water partition coefficient (Wildman–Crippen LogP) is 3.22. The van der Waals surface area contributed by atoms with Crippen molar-refractivity contribution in [3.8, 4) is 12.1 Å². The van der Waals surface area contributed by atoms with Gasteiger partial charge in [-0.15, -0.1) is 0 Å². The van der Waals surface area contributed by atoms with Gasteiger partial charge in [0.25, 0.3) is 0 Å². The van der Waals surface area contributed by atoms with E-state index in [9.17, 15) is 18.9 Å². The summed E-state index contributed by atoms with van der Waals surface area (Å²) in [5.41, 5.74) is 0.323.